The fraction of sp³-hybridized carbons (Fsp3) is 0.824. The molecule has 0 aromatic heterocycles. The molecule has 0 bridgehead atoms. The average molecular weight is 419 g/mol. The molecule has 2 atom stereocenters. The van der Waals surface area contributed by atoms with Crippen molar-refractivity contribution < 1.29 is 14.4 Å². The highest BCUT2D eigenvalue weighted by Crippen LogP contribution is 2.34. The fourth-order valence-corrected chi connectivity index (χ4v) is 4.18. The molecule has 1 saturated heterocycles. The number of carbonyl (C=O) groups excluding carboxylic acids is 3. The molecule has 2 fully saturated rings. The van der Waals surface area contributed by atoms with E-state index in [4.69, 9.17) is 0 Å². The van der Waals surface area contributed by atoms with Crippen LogP contribution >= 0.6 is 22.6 Å². The summed E-state index contributed by atoms with van der Waals surface area (Å²) in [5.74, 6) is 0.869. The number of carbonyl (C=O) groups is 3. The van der Waals surface area contributed by atoms with E-state index in [1.807, 2.05) is 20.8 Å². The van der Waals surface area contributed by atoms with E-state index in [0.717, 1.165) is 25.7 Å². The summed E-state index contributed by atoms with van der Waals surface area (Å²) in [6, 6.07) is 0. The third kappa shape index (κ3) is 3.89. The van der Waals surface area contributed by atoms with Gasteiger partial charge < -0.3 is 0 Å². The Morgan fingerprint density at radius 1 is 1.18 bits per heavy atom. The van der Waals surface area contributed by atoms with Crippen LogP contribution in [0.2, 0.25) is 0 Å². The summed E-state index contributed by atoms with van der Waals surface area (Å²) in [6.07, 6.45) is 4.08. The van der Waals surface area contributed by atoms with Crippen LogP contribution in [0.5, 0.6) is 0 Å². The molecule has 0 radical (unpaired) electrons. The zero-order chi connectivity index (χ0) is 16.4. The molecule has 0 aromatic rings. The van der Waals surface area contributed by atoms with Crippen molar-refractivity contribution in [2.75, 3.05) is 6.54 Å². The maximum atomic E-state index is 12.3. The van der Waals surface area contributed by atoms with E-state index < -0.39 is 0 Å². The second kappa shape index (κ2) is 7.41. The van der Waals surface area contributed by atoms with Crippen LogP contribution in [0.15, 0.2) is 0 Å². The summed E-state index contributed by atoms with van der Waals surface area (Å²) < 4.78 is 0.193. The lowest BCUT2D eigenvalue weighted by molar-refractivity contribution is -0.140. The van der Waals surface area contributed by atoms with Gasteiger partial charge in [0, 0.05) is 28.7 Å². The summed E-state index contributed by atoms with van der Waals surface area (Å²) in [4.78, 5) is 38.0. The van der Waals surface area contributed by atoms with Gasteiger partial charge in [0.1, 0.15) is 5.78 Å². The molecule has 0 spiro atoms. The standard InChI is InChI=1S/C17H26INO3/c1-10(2)16(21)13-6-4-12(5-7-13)9-19-15(20)8-14(11(3)18)17(19)22/h10-14H,4-9H2,1-3H3. The van der Waals surface area contributed by atoms with Crippen LogP contribution in [0.25, 0.3) is 0 Å². The van der Waals surface area contributed by atoms with Crippen LogP contribution in [0.1, 0.15) is 52.9 Å². The van der Waals surface area contributed by atoms with E-state index in [1.54, 1.807) is 0 Å². The van der Waals surface area contributed by atoms with Crippen molar-refractivity contribution >= 4 is 40.2 Å². The highest BCUT2D eigenvalue weighted by atomic mass is 127. The molecule has 0 N–H and O–H groups in total. The van der Waals surface area contributed by atoms with E-state index in [-0.39, 0.29) is 33.5 Å². The maximum Gasteiger partial charge on any atom is 0.233 e. The van der Waals surface area contributed by atoms with E-state index >= 15 is 0 Å². The molecule has 2 rings (SSSR count). The Morgan fingerprint density at radius 3 is 2.23 bits per heavy atom. The molecular weight excluding hydrogens is 393 g/mol. The van der Waals surface area contributed by atoms with Crippen molar-refractivity contribution in [2.24, 2.45) is 23.7 Å². The quantitative estimate of drug-likeness (QED) is 0.391. The number of rotatable bonds is 5. The van der Waals surface area contributed by atoms with Gasteiger partial charge in [-0.15, -0.1) is 0 Å². The van der Waals surface area contributed by atoms with Gasteiger partial charge in [-0.25, -0.2) is 0 Å². The lowest BCUT2D eigenvalue weighted by Gasteiger charge is -2.30. The normalized spacial score (nSPS) is 31.0. The number of halogens is 1. The smallest absolute Gasteiger partial charge is 0.233 e. The number of Topliss-reactive ketones (excluding diaryl/α,β-unsaturated/α-hetero) is 1. The first-order valence-electron chi connectivity index (χ1n) is 8.33. The molecule has 22 heavy (non-hydrogen) atoms. The molecule has 2 aliphatic rings. The Bertz CT molecular complexity index is 453. The van der Waals surface area contributed by atoms with Gasteiger partial charge in [0.2, 0.25) is 11.8 Å². The number of likely N-dealkylation sites (tertiary alicyclic amines) is 1. The van der Waals surface area contributed by atoms with E-state index in [2.05, 4.69) is 22.6 Å². The van der Waals surface area contributed by atoms with Crippen molar-refractivity contribution in [1.29, 1.82) is 0 Å². The first-order valence-corrected chi connectivity index (χ1v) is 9.57. The summed E-state index contributed by atoms with van der Waals surface area (Å²) in [6.45, 7) is 6.46. The SMILES string of the molecule is CC(C)C(=O)C1CCC(CN2C(=O)CC(C(C)I)C2=O)CC1. The lowest BCUT2D eigenvalue weighted by atomic mass is 9.77. The minimum Gasteiger partial charge on any atom is -0.299 e. The molecule has 2 unspecified atom stereocenters. The topological polar surface area (TPSA) is 54.5 Å². The van der Waals surface area contributed by atoms with E-state index in [9.17, 15) is 14.4 Å². The predicted molar refractivity (Wildman–Crippen MR) is 93.6 cm³/mol. The Labute approximate surface area is 146 Å². The Kier molecular flexibility index (Phi) is 6.02. The van der Waals surface area contributed by atoms with Crippen molar-refractivity contribution in [3.05, 3.63) is 0 Å². The predicted octanol–water partition coefficient (Wildman–Crippen LogP) is 3.22. The highest BCUT2D eigenvalue weighted by molar-refractivity contribution is 14.1. The fourth-order valence-electron chi connectivity index (χ4n) is 3.62. The van der Waals surface area contributed by atoms with Crippen molar-refractivity contribution in [3.8, 4) is 0 Å². The second-order valence-electron chi connectivity index (χ2n) is 7.11. The molecule has 4 nitrogen and oxygen atoms in total. The Hall–Kier alpha value is -0.460. The Balaban J connectivity index is 1.87. The van der Waals surface area contributed by atoms with Gasteiger partial charge in [-0.1, -0.05) is 43.4 Å². The van der Waals surface area contributed by atoms with Gasteiger partial charge in [-0.3, -0.25) is 19.3 Å². The summed E-state index contributed by atoms with van der Waals surface area (Å²) in [5.41, 5.74) is 0. The van der Waals surface area contributed by atoms with Crippen LogP contribution in [-0.4, -0.2) is 33.0 Å². The first kappa shape index (κ1) is 17.9. The third-order valence-corrected chi connectivity index (χ3v) is 5.96. The van der Waals surface area contributed by atoms with Crippen LogP contribution in [-0.2, 0) is 14.4 Å². The van der Waals surface area contributed by atoms with Gasteiger partial charge in [-0.05, 0) is 31.6 Å². The first-order chi connectivity index (χ1) is 10.3. The minimum atomic E-state index is -0.146. The van der Waals surface area contributed by atoms with Crippen LogP contribution in [0, 0.1) is 23.7 Å². The number of imide groups is 1. The molecule has 1 saturated carbocycles. The average Bonchev–Trinajstić information content (AvgIpc) is 2.75. The summed E-state index contributed by atoms with van der Waals surface area (Å²) in [5, 5.41) is 0. The number of hydrogen-bond acceptors (Lipinski definition) is 3. The van der Waals surface area contributed by atoms with Crippen molar-refractivity contribution in [3.63, 3.8) is 0 Å². The summed E-state index contributed by atoms with van der Waals surface area (Å²) in [7, 11) is 0. The lowest BCUT2D eigenvalue weighted by Crippen LogP contribution is -2.38. The largest absolute Gasteiger partial charge is 0.299 e. The monoisotopic (exact) mass is 419 g/mol. The zero-order valence-corrected chi connectivity index (χ0v) is 15.8. The van der Waals surface area contributed by atoms with E-state index in [0.29, 0.717) is 24.7 Å². The highest BCUT2D eigenvalue weighted by Gasteiger charge is 2.41. The second-order valence-corrected chi connectivity index (χ2v) is 9.07. The van der Waals surface area contributed by atoms with Gasteiger partial charge in [0.25, 0.3) is 0 Å². The van der Waals surface area contributed by atoms with Gasteiger partial charge >= 0.3 is 0 Å². The van der Waals surface area contributed by atoms with Crippen LogP contribution < -0.4 is 0 Å². The molecule has 1 aliphatic heterocycles. The molecular formula is C17H26INO3. The number of hydrogen-bond donors (Lipinski definition) is 0. The molecule has 2 amide bonds. The minimum absolute atomic E-state index is 0.00674. The zero-order valence-electron chi connectivity index (χ0n) is 13.7. The number of ketones is 1. The molecule has 1 aliphatic carbocycles. The van der Waals surface area contributed by atoms with Gasteiger partial charge in [0.05, 0.1) is 5.92 Å². The molecule has 5 heteroatoms. The molecule has 1 heterocycles. The van der Waals surface area contributed by atoms with Crippen molar-refractivity contribution in [2.45, 2.75) is 56.8 Å². The van der Waals surface area contributed by atoms with Crippen LogP contribution in [0.3, 0.4) is 0 Å². The Morgan fingerprint density at radius 2 is 1.77 bits per heavy atom. The van der Waals surface area contributed by atoms with E-state index in [1.165, 1.54) is 4.90 Å². The van der Waals surface area contributed by atoms with Crippen molar-refractivity contribution in [1.82, 2.24) is 4.90 Å². The number of alkyl halides is 1. The number of amides is 2. The van der Waals surface area contributed by atoms with Gasteiger partial charge in [0.15, 0.2) is 0 Å². The van der Waals surface area contributed by atoms with Gasteiger partial charge in [-0.2, -0.15) is 0 Å². The summed E-state index contributed by atoms with van der Waals surface area (Å²) >= 11 is 2.23. The third-order valence-electron chi connectivity index (χ3n) is 5.09. The number of nitrogens with zero attached hydrogens (tertiary/aromatic N) is 1. The van der Waals surface area contributed by atoms with Crippen LogP contribution in [0.4, 0.5) is 0 Å². The maximum absolute atomic E-state index is 12.3. The molecule has 0 aromatic carbocycles. The molecule has 124 valence electrons.